The minimum absolute atomic E-state index is 0.128. The van der Waals surface area contributed by atoms with Crippen LogP contribution in [0.2, 0.25) is 0 Å². The van der Waals surface area contributed by atoms with Gasteiger partial charge in [-0.25, -0.2) is 17.8 Å². The second kappa shape index (κ2) is 11.6. The van der Waals surface area contributed by atoms with Gasteiger partial charge in [0.25, 0.3) is 5.91 Å². The van der Waals surface area contributed by atoms with Crippen LogP contribution in [0, 0.1) is 5.82 Å². The number of nitrogens with zero attached hydrogens (tertiary/aromatic N) is 2. The van der Waals surface area contributed by atoms with Gasteiger partial charge in [-0.3, -0.25) is 9.10 Å². The van der Waals surface area contributed by atoms with Crippen LogP contribution < -0.4 is 20.1 Å². The van der Waals surface area contributed by atoms with Crippen LogP contribution in [0.15, 0.2) is 87.7 Å². The number of amides is 1. The van der Waals surface area contributed by atoms with E-state index in [4.69, 9.17) is 19.3 Å². The Bertz CT molecular complexity index is 2240. The summed E-state index contributed by atoms with van der Waals surface area (Å²) >= 11 is 0. The lowest BCUT2D eigenvalue weighted by atomic mass is 9.87. The minimum atomic E-state index is -3.81. The maximum atomic E-state index is 13.8. The number of hydrogen-bond acceptors (Lipinski definition) is 8. The molecule has 0 bridgehead atoms. The molecule has 1 amide bonds. The van der Waals surface area contributed by atoms with Gasteiger partial charge >= 0.3 is 0 Å². The van der Waals surface area contributed by atoms with Gasteiger partial charge in [0.15, 0.2) is 5.58 Å². The quantitative estimate of drug-likeness (QED) is 0.194. The molecule has 0 saturated heterocycles. The van der Waals surface area contributed by atoms with E-state index in [1.165, 1.54) is 35.6 Å². The highest BCUT2D eigenvalue weighted by atomic mass is 32.2. The summed E-state index contributed by atoms with van der Waals surface area (Å²) < 4.78 is 60.2. The average molecular weight is 655 g/mol. The number of aromatic nitrogens is 1. The van der Waals surface area contributed by atoms with Crippen LogP contribution in [0.1, 0.15) is 23.2 Å². The first-order chi connectivity index (χ1) is 22.5. The number of sulfonamides is 1. The largest absolute Gasteiger partial charge is 0.496 e. The molecule has 1 aliphatic rings. The van der Waals surface area contributed by atoms with Crippen molar-refractivity contribution in [3.63, 3.8) is 0 Å². The molecule has 1 aliphatic carbocycles. The molecular formula is C35H31FN4O6S. The third kappa shape index (κ3) is 5.38. The fourth-order valence-corrected chi connectivity index (χ4v) is 7.42. The smallest absolute Gasteiger partial charge is 0.255 e. The van der Waals surface area contributed by atoms with Crippen molar-refractivity contribution in [1.29, 1.82) is 0 Å². The van der Waals surface area contributed by atoms with Crippen LogP contribution >= 0.6 is 0 Å². The van der Waals surface area contributed by atoms with Crippen molar-refractivity contribution in [2.24, 2.45) is 5.73 Å². The number of carbonyl (C=O) groups excluding carboxylic acids is 1. The molecule has 240 valence electrons. The maximum Gasteiger partial charge on any atom is 0.255 e. The van der Waals surface area contributed by atoms with Gasteiger partial charge in [-0.15, -0.1) is 0 Å². The fraction of sp³-hybridized carbons (Fsp3) is 0.200. The lowest BCUT2D eigenvalue weighted by Crippen LogP contribution is -2.52. The zero-order valence-electron chi connectivity index (χ0n) is 25.8. The van der Waals surface area contributed by atoms with E-state index in [0.717, 1.165) is 6.26 Å². The highest BCUT2D eigenvalue weighted by Crippen LogP contribution is 2.45. The molecule has 1 fully saturated rings. The number of fused-ring (bicyclic) bond motifs is 2. The Labute approximate surface area is 270 Å². The maximum absolute atomic E-state index is 13.8. The zero-order valence-corrected chi connectivity index (χ0v) is 26.6. The molecule has 0 unspecified atom stereocenters. The second-order valence-corrected chi connectivity index (χ2v) is 13.5. The highest BCUT2D eigenvalue weighted by molar-refractivity contribution is 7.92. The molecule has 6 aromatic rings. The van der Waals surface area contributed by atoms with Crippen LogP contribution in [0.5, 0.6) is 5.75 Å². The van der Waals surface area contributed by atoms with E-state index in [2.05, 4.69) is 10.3 Å². The van der Waals surface area contributed by atoms with Crippen molar-refractivity contribution < 1.29 is 31.2 Å². The summed E-state index contributed by atoms with van der Waals surface area (Å²) in [5.74, 6) is 0.188. The van der Waals surface area contributed by atoms with Crippen molar-refractivity contribution >= 4 is 43.7 Å². The molecule has 0 aliphatic heterocycles. The predicted octanol–water partition coefficient (Wildman–Crippen LogP) is 6.34. The molecule has 47 heavy (non-hydrogen) atoms. The molecule has 2 aromatic heterocycles. The summed E-state index contributed by atoms with van der Waals surface area (Å²) in [5.41, 5.74) is 10.4. The number of furan rings is 1. The second-order valence-electron chi connectivity index (χ2n) is 11.6. The molecule has 12 heteroatoms. The minimum Gasteiger partial charge on any atom is -0.496 e. The van der Waals surface area contributed by atoms with E-state index >= 15 is 0 Å². The number of nitrogens with one attached hydrogen (secondary N) is 1. The molecule has 1 saturated carbocycles. The van der Waals surface area contributed by atoms with Crippen LogP contribution in [-0.4, -0.2) is 51.8 Å². The lowest BCUT2D eigenvalue weighted by molar-refractivity contribution is 0.0964. The van der Waals surface area contributed by atoms with Crippen LogP contribution in [0.3, 0.4) is 0 Å². The van der Waals surface area contributed by atoms with E-state index in [1.54, 1.807) is 25.3 Å². The first-order valence-electron chi connectivity index (χ1n) is 14.9. The fourth-order valence-electron chi connectivity index (χ4n) is 6.20. The lowest BCUT2D eigenvalue weighted by Gasteiger charge is -2.41. The van der Waals surface area contributed by atoms with Gasteiger partial charge in [0.05, 0.1) is 30.2 Å². The molecule has 3 N–H and O–H groups in total. The number of anilines is 1. The number of hydrogen-bond donors (Lipinski definition) is 2. The normalized spacial score (nSPS) is 16.3. The predicted molar refractivity (Wildman–Crippen MR) is 178 cm³/mol. The number of halogens is 1. The number of ether oxygens (including phenoxy) is 1. The van der Waals surface area contributed by atoms with E-state index in [-0.39, 0.29) is 29.0 Å². The van der Waals surface area contributed by atoms with Crippen molar-refractivity contribution in [2.45, 2.75) is 24.9 Å². The molecule has 2 heterocycles. The number of benzene rings is 4. The number of nitrogens with two attached hydrogens (primary N) is 1. The molecule has 4 aromatic carbocycles. The summed E-state index contributed by atoms with van der Waals surface area (Å²) in [7, 11) is -0.765. The van der Waals surface area contributed by atoms with E-state index in [0.29, 0.717) is 68.9 Å². The monoisotopic (exact) mass is 654 g/mol. The number of rotatable bonds is 8. The Hall–Kier alpha value is -5.20. The molecule has 0 radical (unpaired) electrons. The topological polar surface area (TPSA) is 141 Å². The summed E-state index contributed by atoms with van der Waals surface area (Å²) in [4.78, 5) is 18.0. The number of carbonyl (C=O) groups is 1. The first kappa shape index (κ1) is 30.5. The van der Waals surface area contributed by atoms with Crippen LogP contribution in [0.4, 0.5) is 10.1 Å². The molecule has 7 rings (SSSR count). The summed E-state index contributed by atoms with van der Waals surface area (Å²) in [5, 5.41) is 3.12. The van der Waals surface area contributed by atoms with Gasteiger partial charge in [-0.05, 0) is 73.0 Å². The molecule has 0 spiro atoms. The standard InChI is InChI=1S/C35H31FN4O6S/c1-38-34(41)32-25-17-24(20-10-13-29(44-2)26(14-20)35-39-27-6-4-5-7-30(27)46-35)28(40(47(3,42)43)23-15-22(37)16-23)18-31(25)45-33(32)19-8-11-21(36)12-9-19/h4-14,17-18,22-23H,15-16,37H2,1-3H3,(H,38,41). The Balaban J connectivity index is 1.51. The summed E-state index contributed by atoms with van der Waals surface area (Å²) in [6.07, 6.45) is 2.11. The summed E-state index contributed by atoms with van der Waals surface area (Å²) in [6, 6.07) is 21.3. The van der Waals surface area contributed by atoms with Crippen molar-refractivity contribution in [1.82, 2.24) is 10.3 Å². The number of para-hydroxylation sites is 2. The number of methoxy groups -OCH3 is 1. The van der Waals surface area contributed by atoms with Gasteiger partial charge in [0.1, 0.15) is 28.4 Å². The SMILES string of the molecule is CNC(=O)c1c(-c2ccc(F)cc2)oc2cc(N(C3CC(N)C3)S(C)(=O)=O)c(-c3ccc(OC)c(-c4nc5ccccc5o4)c3)cc12. The third-order valence-corrected chi connectivity index (χ3v) is 9.69. The molecule has 10 nitrogen and oxygen atoms in total. The zero-order chi connectivity index (χ0) is 33.0. The third-order valence-electron chi connectivity index (χ3n) is 8.48. The van der Waals surface area contributed by atoms with Gasteiger partial charge < -0.3 is 24.6 Å². The average Bonchev–Trinajstić information content (AvgIpc) is 3.64. The molecule has 0 atom stereocenters. The van der Waals surface area contributed by atoms with Crippen molar-refractivity contribution in [2.75, 3.05) is 24.7 Å². The van der Waals surface area contributed by atoms with Gasteiger partial charge in [0, 0.05) is 41.7 Å². The number of oxazole rings is 1. The van der Waals surface area contributed by atoms with E-state index in [1.807, 2.05) is 36.4 Å². The summed E-state index contributed by atoms with van der Waals surface area (Å²) in [6.45, 7) is 0. The van der Waals surface area contributed by atoms with E-state index < -0.39 is 21.7 Å². The van der Waals surface area contributed by atoms with Gasteiger partial charge in [0.2, 0.25) is 15.9 Å². The van der Waals surface area contributed by atoms with Crippen LogP contribution in [0.25, 0.3) is 56.0 Å². The highest BCUT2D eigenvalue weighted by Gasteiger charge is 2.38. The Kier molecular flexibility index (Phi) is 7.48. The Morgan fingerprint density at radius 2 is 1.70 bits per heavy atom. The van der Waals surface area contributed by atoms with Crippen LogP contribution in [-0.2, 0) is 10.0 Å². The van der Waals surface area contributed by atoms with E-state index in [9.17, 15) is 17.6 Å². The Morgan fingerprint density at radius 1 is 0.979 bits per heavy atom. The molecular weight excluding hydrogens is 623 g/mol. The Morgan fingerprint density at radius 3 is 2.36 bits per heavy atom. The first-order valence-corrected chi connectivity index (χ1v) is 16.8. The van der Waals surface area contributed by atoms with Crippen molar-refractivity contribution in [3.8, 4) is 39.7 Å². The van der Waals surface area contributed by atoms with Gasteiger partial charge in [-0.1, -0.05) is 18.2 Å². The van der Waals surface area contributed by atoms with Crippen molar-refractivity contribution in [3.05, 3.63) is 90.2 Å². The van der Waals surface area contributed by atoms with Gasteiger partial charge in [-0.2, -0.15) is 0 Å².